The van der Waals surface area contributed by atoms with E-state index in [1.165, 1.54) is 12.8 Å². The Morgan fingerprint density at radius 1 is 1.24 bits per heavy atom. The molecule has 0 bridgehead atoms. The van der Waals surface area contributed by atoms with Gasteiger partial charge in [0.1, 0.15) is 0 Å². The van der Waals surface area contributed by atoms with Crippen LogP contribution in [0.25, 0.3) is 0 Å². The summed E-state index contributed by atoms with van der Waals surface area (Å²) in [4.78, 5) is 25.9. The molecule has 0 aromatic heterocycles. The number of rotatable bonds is 6. The molecule has 0 aromatic rings. The molecule has 0 saturated carbocycles. The topological polar surface area (TPSA) is 69.6 Å². The Hall–Kier alpha value is -1.36. The van der Waals surface area contributed by atoms with Crippen molar-refractivity contribution in [3.63, 3.8) is 0 Å². The molecule has 1 aliphatic heterocycles. The third-order valence-corrected chi connectivity index (χ3v) is 4.48. The van der Waals surface area contributed by atoms with Crippen molar-refractivity contribution in [2.75, 3.05) is 26.2 Å². The fourth-order valence-electron chi connectivity index (χ4n) is 3.25. The maximum atomic E-state index is 12.2. The first-order valence-electron chi connectivity index (χ1n) is 7.95. The number of carbonyl (C=O) groups excluding carboxylic acids is 1. The summed E-state index contributed by atoms with van der Waals surface area (Å²) in [5.41, 5.74) is 0. The van der Waals surface area contributed by atoms with Gasteiger partial charge in [0.05, 0.1) is 11.8 Å². The van der Waals surface area contributed by atoms with Crippen LogP contribution in [0, 0.1) is 17.8 Å². The SMILES string of the molecule is CC(CNC(=O)[C@@H]1CC=CC[C@@H]1C(=O)O)CN1CCCC1. The highest BCUT2D eigenvalue weighted by atomic mass is 16.4. The number of nitrogens with one attached hydrogen (secondary N) is 1. The Bertz CT molecular complexity index is 402. The van der Waals surface area contributed by atoms with E-state index >= 15 is 0 Å². The van der Waals surface area contributed by atoms with Gasteiger partial charge in [-0.15, -0.1) is 0 Å². The van der Waals surface area contributed by atoms with Crippen LogP contribution < -0.4 is 5.32 Å². The summed E-state index contributed by atoms with van der Waals surface area (Å²) in [7, 11) is 0. The molecule has 1 aliphatic carbocycles. The van der Waals surface area contributed by atoms with Crippen LogP contribution in [0.1, 0.15) is 32.6 Å². The van der Waals surface area contributed by atoms with Crippen LogP contribution in [-0.2, 0) is 9.59 Å². The zero-order valence-corrected chi connectivity index (χ0v) is 12.8. The molecule has 0 spiro atoms. The summed E-state index contributed by atoms with van der Waals surface area (Å²) in [6, 6.07) is 0. The van der Waals surface area contributed by atoms with Crippen molar-refractivity contribution in [1.82, 2.24) is 10.2 Å². The Labute approximate surface area is 126 Å². The zero-order chi connectivity index (χ0) is 15.2. The molecule has 3 atom stereocenters. The Morgan fingerprint density at radius 3 is 2.48 bits per heavy atom. The lowest BCUT2D eigenvalue weighted by Crippen LogP contribution is -2.41. The molecule has 1 amide bonds. The average Bonchev–Trinajstić information content (AvgIpc) is 2.97. The molecule has 2 N–H and O–H groups in total. The minimum Gasteiger partial charge on any atom is -0.481 e. The molecule has 1 fully saturated rings. The van der Waals surface area contributed by atoms with Crippen molar-refractivity contribution in [2.24, 2.45) is 17.8 Å². The van der Waals surface area contributed by atoms with Crippen LogP contribution in [0.5, 0.6) is 0 Å². The van der Waals surface area contributed by atoms with E-state index < -0.39 is 17.8 Å². The molecule has 21 heavy (non-hydrogen) atoms. The van der Waals surface area contributed by atoms with E-state index in [9.17, 15) is 14.7 Å². The summed E-state index contributed by atoms with van der Waals surface area (Å²) >= 11 is 0. The lowest BCUT2D eigenvalue weighted by Gasteiger charge is -2.26. The second-order valence-electron chi connectivity index (χ2n) is 6.35. The van der Waals surface area contributed by atoms with Gasteiger partial charge in [-0.05, 0) is 44.7 Å². The van der Waals surface area contributed by atoms with Crippen LogP contribution in [-0.4, -0.2) is 48.1 Å². The first-order chi connectivity index (χ1) is 10.1. The molecule has 118 valence electrons. The number of carbonyl (C=O) groups is 2. The van der Waals surface area contributed by atoms with Gasteiger partial charge in [-0.25, -0.2) is 0 Å². The van der Waals surface area contributed by atoms with Crippen molar-refractivity contribution in [2.45, 2.75) is 32.6 Å². The summed E-state index contributed by atoms with van der Waals surface area (Å²) in [5.74, 6) is -1.59. The maximum absolute atomic E-state index is 12.2. The standard InChI is InChI=1S/C16H26N2O3/c1-12(11-18-8-4-5-9-18)10-17-15(19)13-6-2-3-7-14(13)16(20)21/h2-3,12-14H,4-11H2,1H3,(H,17,19)(H,20,21)/t12?,13-,14+/m1/s1. The minimum absolute atomic E-state index is 0.111. The lowest BCUT2D eigenvalue weighted by atomic mass is 9.82. The van der Waals surface area contributed by atoms with Gasteiger partial charge in [-0.3, -0.25) is 9.59 Å². The molecule has 2 rings (SSSR count). The number of hydrogen-bond acceptors (Lipinski definition) is 3. The van der Waals surface area contributed by atoms with Gasteiger partial charge in [-0.2, -0.15) is 0 Å². The summed E-state index contributed by atoms with van der Waals surface area (Å²) in [5, 5.41) is 12.2. The first kappa shape index (κ1) is 16.0. The monoisotopic (exact) mass is 294 g/mol. The van der Waals surface area contributed by atoms with Crippen LogP contribution in [0.4, 0.5) is 0 Å². The van der Waals surface area contributed by atoms with Gasteiger partial charge >= 0.3 is 5.97 Å². The molecule has 2 aliphatic rings. The van der Waals surface area contributed by atoms with Gasteiger partial charge in [0, 0.05) is 13.1 Å². The van der Waals surface area contributed by atoms with E-state index in [1.54, 1.807) is 0 Å². The Morgan fingerprint density at radius 2 is 1.86 bits per heavy atom. The van der Waals surface area contributed by atoms with Crippen LogP contribution in [0.3, 0.4) is 0 Å². The van der Waals surface area contributed by atoms with Crippen molar-refractivity contribution in [3.05, 3.63) is 12.2 Å². The molecule has 5 nitrogen and oxygen atoms in total. The minimum atomic E-state index is -0.871. The van der Waals surface area contributed by atoms with E-state index in [-0.39, 0.29) is 5.91 Å². The third kappa shape index (κ3) is 4.56. The fraction of sp³-hybridized carbons (Fsp3) is 0.750. The highest BCUT2D eigenvalue weighted by Crippen LogP contribution is 2.26. The van der Waals surface area contributed by atoms with Crippen LogP contribution in [0.2, 0.25) is 0 Å². The van der Waals surface area contributed by atoms with Crippen molar-refractivity contribution >= 4 is 11.9 Å². The van der Waals surface area contributed by atoms with Gasteiger partial charge in [0.15, 0.2) is 0 Å². The number of carboxylic acids is 1. The first-order valence-corrected chi connectivity index (χ1v) is 7.95. The van der Waals surface area contributed by atoms with Gasteiger partial charge < -0.3 is 15.3 Å². The number of nitrogens with zero attached hydrogens (tertiary/aromatic N) is 1. The summed E-state index contributed by atoms with van der Waals surface area (Å²) in [6.07, 6.45) is 7.30. The number of allylic oxidation sites excluding steroid dienone is 2. The fourth-order valence-corrected chi connectivity index (χ4v) is 3.25. The molecule has 1 heterocycles. The molecule has 5 heteroatoms. The normalized spacial score (nSPS) is 27.5. The Kier molecular flexibility index (Phi) is 5.79. The average molecular weight is 294 g/mol. The quantitative estimate of drug-likeness (QED) is 0.728. The predicted octanol–water partition coefficient (Wildman–Crippen LogP) is 1.50. The second-order valence-corrected chi connectivity index (χ2v) is 6.35. The van der Waals surface area contributed by atoms with Crippen LogP contribution >= 0.6 is 0 Å². The summed E-state index contributed by atoms with van der Waals surface area (Å²) in [6.45, 7) is 6.09. The third-order valence-electron chi connectivity index (χ3n) is 4.48. The van der Waals surface area contributed by atoms with Crippen molar-refractivity contribution in [1.29, 1.82) is 0 Å². The van der Waals surface area contributed by atoms with E-state index in [2.05, 4.69) is 17.1 Å². The van der Waals surface area contributed by atoms with Crippen molar-refractivity contribution < 1.29 is 14.7 Å². The maximum Gasteiger partial charge on any atom is 0.307 e. The number of likely N-dealkylation sites (tertiary alicyclic amines) is 1. The molecule has 0 radical (unpaired) electrons. The Balaban J connectivity index is 1.77. The van der Waals surface area contributed by atoms with Gasteiger partial charge in [-0.1, -0.05) is 19.1 Å². The predicted molar refractivity (Wildman–Crippen MR) is 80.8 cm³/mol. The van der Waals surface area contributed by atoms with Gasteiger partial charge in [0.25, 0.3) is 0 Å². The second kappa shape index (κ2) is 7.59. The molecular weight excluding hydrogens is 268 g/mol. The summed E-state index contributed by atoms with van der Waals surface area (Å²) < 4.78 is 0. The molecule has 1 saturated heterocycles. The van der Waals surface area contributed by atoms with E-state index in [0.29, 0.717) is 25.3 Å². The van der Waals surface area contributed by atoms with Crippen molar-refractivity contribution in [3.8, 4) is 0 Å². The largest absolute Gasteiger partial charge is 0.481 e. The van der Waals surface area contributed by atoms with Crippen LogP contribution in [0.15, 0.2) is 12.2 Å². The van der Waals surface area contributed by atoms with E-state index in [1.807, 2.05) is 12.2 Å². The van der Waals surface area contributed by atoms with E-state index in [0.717, 1.165) is 19.6 Å². The number of carboxylic acid groups (broad SMARTS) is 1. The highest BCUT2D eigenvalue weighted by Gasteiger charge is 2.33. The molecular formula is C16H26N2O3. The van der Waals surface area contributed by atoms with Gasteiger partial charge in [0.2, 0.25) is 5.91 Å². The molecule has 0 aromatic carbocycles. The number of aliphatic carboxylic acids is 1. The smallest absolute Gasteiger partial charge is 0.307 e. The lowest BCUT2D eigenvalue weighted by molar-refractivity contribution is -0.147. The number of hydrogen-bond donors (Lipinski definition) is 2. The number of amides is 1. The highest BCUT2D eigenvalue weighted by molar-refractivity contribution is 5.85. The zero-order valence-electron chi connectivity index (χ0n) is 12.8. The van der Waals surface area contributed by atoms with E-state index in [4.69, 9.17) is 0 Å². The molecule has 1 unspecified atom stereocenters.